The van der Waals surface area contributed by atoms with Crippen LogP contribution in [0.4, 0.5) is 0 Å². The number of H-pyrrole nitrogens is 1. The van der Waals surface area contributed by atoms with E-state index in [2.05, 4.69) is 32.1 Å². The molecule has 2 aromatic heterocycles. The van der Waals surface area contributed by atoms with Crippen molar-refractivity contribution in [3.05, 3.63) is 43.0 Å². The molecule has 0 aliphatic rings. The van der Waals surface area contributed by atoms with E-state index >= 15 is 0 Å². The summed E-state index contributed by atoms with van der Waals surface area (Å²) in [6, 6.07) is 3.67. The van der Waals surface area contributed by atoms with Crippen molar-refractivity contribution in [1.29, 1.82) is 0 Å². The van der Waals surface area contributed by atoms with Crippen molar-refractivity contribution >= 4 is 5.91 Å². The highest BCUT2D eigenvalue weighted by Crippen LogP contribution is 2.11. The van der Waals surface area contributed by atoms with Crippen molar-refractivity contribution in [3.8, 4) is 11.4 Å². The predicted octanol–water partition coefficient (Wildman–Crippen LogP) is 0.711. The maximum Gasteiger partial charge on any atom is 0.227 e. The summed E-state index contributed by atoms with van der Waals surface area (Å²) < 4.78 is 0. The first kappa shape index (κ1) is 12.0. The molecule has 0 aliphatic carbocycles. The quantitative estimate of drug-likeness (QED) is 0.757. The van der Waals surface area contributed by atoms with Gasteiger partial charge < -0.3 is 5.32 Å². The van der Waals surface area contributed by atoms with Crippen LogP contribution < -0.4 is 5.32 Å². The van der Waals surface area contributed by atoms with Gasteiger partial charge in [0.15, 0.2) is 5.82 Å². The molecule has 1 amide bonds. The van der Waals surface area contributed by atoms with Crippen LogP contribution in [0.1, 0.15) is 5.82 Å². The van der Waals surface area contributed by atoms with Crippen LogP contribution in [0.5, 0.6) is 0 Å². The second-order valence-electron chi connectivity index (χ2n) is 3.62. The van der Waals surface area contributed by atoms with Gasteiger partial charge in [-0.05, 0) is 12.1 Å². The lowest BCUT2D eigenvalue weighted by Gasteiger charge is -1.98. The molecule has 0 fully saturated rings. The summed E-state index contributed by atoms with van der Waals surface area (Å²) >= 11 is 0. The SMILES string of the molecule is C=CCNC(=O)Cc1nc(-c2cccnc2)n[nH]1. The predicted molar refractivity (Wildman–Crippen MR) is 66.5 cm³/mol. The van der Waals surface area contributed by atoms with Crippen LogP contribution in [0.25, 0.3) is 11.4 Å². The standard InChI is InChI=1S/C12H13N5O/c1-2-5-14-11(18)7-10-15-12(17-16-10)9-4-3-6-13-8-9/h2-4,6,8H,1,5,7H2,(H,14,18)(H,15,16,17). The Bertz CT molecular complexity index is 534. The lowest BCUT2D eigenvalue weighted by atomic mass is 10.3. The van der Waals surface area contributed by atoms with Crippen LogP contribution in [-0.2, 0) is 11.2 Å². The third-order valence-corrected chi connectivity index (χ3v) is 2.22. The van der Waals surface area contributed by atoms with E-state index in [1.54, 1.807) is 18.5 Å². The van der Waals surface area contributed by atoms with Crippen molar-refractivity contribution in [2.24, 2.45) is 0 Å². The highest BCUT2D eigenvalue weighted by molar-refractivity contribution is 5.77. The fourth-order valence-corrected chi connectivity index (χ4v) is 1.40. The number of rotatable bonds is 5. The minimum Gasteiger partial charge on any atom is -0.352 e. The molecule has 0 unspecified atom stereocenters. The molecule has 18 heavy (non-hydrogen) atoms. The molecule has 0 aliphatic heterocycles. The van der Waals surface area contributed by atoms with E-state index in [0.29, 0.717) is 18.2 Å². The van der Waals surface area contributed by atoms with Crippen molar-refractivity contribution in [2.45, 2.75) is 6.42 Å². The number of amides is 1. The van der Waals surface area contributed by atoms with Gasteiger partial charge in [-0.3, -0.25) is 14.9 Å². The number of nitrogens with zero attached hydrogens (tertiary/aromatic N) is 3. The Labute approximate surface area is 104 Å². The van der Waals surface area contributed by atoms with Gasteiger partial charge in [0.1, 0.15) is 5.82 Å². The Balaban J connectivity index is 2.02. The molecule has 6 heteroatoms. The van der Waals surface area contributed by atoms with Crippen LogP contribution in [0.3, 0.4) is 0 Å². The Kier molecular flexibility index (Phi) is 3.80. The molecular weight excluding hydrogens is 230 g/mol. The number of pyridine rings is 1. The molecule has 2 rings (SSSR count). The van der Waals surface area contributed by atoms with Gasteiger partial charge >= 0.3 is 0 Å². The third-order valence-electron chi connectivity index (χ3n) is 2.22. The Morgan fingerprint density at radius 3 is 3.17 bits per heavy atom. The van der Waals surface area contributed by atoms with E-state index in [4.69, 9.17) is 0 Å². The number of carbonyl (C=O) groups is 1. The molecule has 0 saturated carbocycles. The Hall–Kier alpha value is -2.50. The number of nitrogens with one attached hydrogen (secondary N) is 2. The molecular formula is C12H13N5O. The van der Waals surface area contributed by atoms with Gasteiger partial charge in [0.05, 0.1) is 6.42 Å². The summed E-state index contributed by atoms with van der Waals surface area (Å²) in [5.41, 5.74) is 0.812. The van der Waals surface area contributed by atoms with E-state index in [-0.39, 0.29) is 12.3 Å². The maximum atomic E-state index is 11.5. The number of hydrogen-bond donors (Lipinski definition) is 2. The molecule has 0 aromatic carbocycles. The largest absolute Gasteiger partial charge is 0.352 e. The van der Waals surface area contributed by atoms with Crippen molar-refractivity contribution in [3.63, 3.8) is 0 Å². The molecule has 0 spiro atoms. The van der Waals surface area contributed by atoms with Gasteiger partial charge in [0.25, 0.3) is 0 Å². The first-order chi connectivity index (χ1) is 8.79. The third kappa shape index (κ3) is 3.00. The minimum atomic E-state index is -0.121. The van der Waals surface area contributed by atoms with Gasteiger partial charge in [0, 0.05) is 24.5 Å². The van der Waals surface area contributed by atoms with Crippen LogP contribution in [-0.4, -0.2) is 32.6 Å². The zero-order chi connectivity index (χ0) is 12.8. The van der Waals surface area contributed by atoms with Crippen LogP contribution in [0.15, 0.2) is 37.2 Å². The smallest absolute Gasteiger partial charge is 0.227 e. The summed E-state index contributed by atoms with van der Waals surface area (Å²) in [6.45, 7) is 3.97. The topological polar surface area (TPSA) is 83.6 Å². The van der Waals surface area contributed by atoms with Crippen LogP contribution in [0.2, 0.25) is 0 Å². The summed E-state index contributed by atoms with van der Waals surface area (Å²) in [5, 5.41) is 9.45. The molecule has 0 saturated heterocycles. The van der Waals surface area contributed by atoms with E-state index in [1.807, 2.05) is 12.1 Å². The van der Waals surface area contributed by atoms with Crippen molar-refractivity contribution < 1.29 is 4.79 Å². The van der Waals surface area contributed by atoms with E-state index in [0.717, 1.165) is 5.56 Å². The molecule has 0 bridgehead atoms. The lowest BCUT2D eigenvalue weighted by molar-refractivity contribution is -0.120. The molecule has 0 atom stereocenters. The van der Waals surface area contributed by atoms with Crippen LogP contribution >= 0.6 is 0 Å². The zero-order valence-corrected chi connectivity index (χ0v) is 9.76. The van der Waals surface area contributed by atoms with E-state index < -0.39 is 0 Å². The summed E-state index contributed by atoms with van der Waals surface area (Å²) in [6.07, 6.45) is 5.14. The normalized spacial score (nSPS) is 10.0. The lowest BCUT2D eigenvalue weighted by Crippen LogP contribution is -2.25. The summed E-state index contributed by atoms with van der Waals surface area (Å²) in [4.78, 5) is 19.7. The highest BCUT2D eigenvalue weighted by Gasteiger charge is 2.09. The fourth-order valence-electron chi connectivity index (χ4n) is 1.40. The molecule has 2 N–H and O–H groups in total. The van der Waals surface area contributed by atoms with E-state index in [9.17, 15) is 4.79 Å². The van der Waals surface area contributed by atoms with Gasteiger partial charge in [-0.15, -0.1) is 6.58 Å². The molecule has 2 heterocycles. The molecule has 0 radical (unpaired) electrons. The second-order valence-corrected chi connectivity index (χ2v) is 3.62. The Morgan fingerprint density at radius 2 is 2.44 bits per heavy atom. The second kappa shape index (κ2) is 5.72. The number of carbonyl (C=O) groups excluding carboxylic acids is 1. The number of hydrogen-bond acceptors (Lipinski definition) is 4. The average molecular weight is 243 g/mol. The van der Waals surface area contributed by atoms with Crippen molar-refractivity contribution in [1.82, 2.24) is 25.5 Å². The Morgan fingerprint density at radius 1 is 1.56 bits per heavy atom. The fraction of sp³-hybridized carbons (Fsp3) is 0.167. The molecule has 2 aromatic rings. The van der Waals surface area contributed by atoms with Crippen LogP contribution in [0, 0.1) is 0 Å². The molecule has 6 nitrogen and oxygen atoms in total. The average Bonchev–Trinajstić information content (AvgIpc) is 2.86. The van der Waals surface area contributed by atoms with E-state index in [1.165, 1.54) is 0 Å². The number of aromatic amines is 1. The monoisotopic (exact) mass is 243 g/mol. The van der Waals surface area contributed by atoms with Gasteiger partial charge in [-0.2, -0.15) is 5.10 Å². The first-order valence-corrected chi connectivity index (χ1v) is 5.49. The van der Waals surface area contributed by atoms with Crippen molar-refractivity contribution in [2.75, 3.05) is 6.54 Å². The molecule has 92 valence electrons. The number of aromatic nitrogens is 4. The first-order valence-electron chi connectivity index (χ1n) is 5.49. The van der Waals surface area contributed by atoms with Gasteiger partial charge in [0.2, 0.25) is 5.91 Å². The minimum absolute atomic E-state index is 0.121. The highest BCUT2D eigenvalue weighted by atomic mass is 16.1. The van der Waals surface area contributed by atoms with Gasteiger partial charge in [-0.25, -0.2) is 4.98 Å². The maximum absolute atomic E-state index is 11.5. The zero-order valence-electron chi connectivity index (χ0n) is 9.76. The van der Waals surface area contributed by atoms with Gasteiger partial charge in [-0.1, -0.05) is 6.08 Å². The summed E-state index contributed by atoms with van der Waals surface area (Å²) in [5.74, 6) is 0.939. The summed E-state index contributed by atoms with van der Waals surface area (Å²) in [7, 11) is 0.